The lowest BCUT2D eigenvalue weighted by Crippen LogP contribution is -2.33. The summed E-state index contributed by atoms with van der Waals surface area (Å²) in [6, 6.07) is 11.3. The third-order valence-electron chi connectivity index (χ3n) is 4.49. The van der Waals surface area contributed by atoms with E-state index in [0.717, 1.165) is 19.5 Å². The molecule has 3 heteroatoms. The largest absolute Gasteiger partial charge is 0.335 e. The average Bonchev–Trinajstić information content (AvgIpc) is 3.01. The van der Waals surface area contributed by atoms with E-state index in [1.807, 2.05) is 6.20 Å². The molecular formula is C18H25N3. The van der Waals surface area contributed by atoms with Crippen molar-refractivity contribution in [3.63, 3.8) is 0 Å². The van der Waals surface area contributed by atoms with Crippen molar-refractivity contribution in [1.82, 2.24) is 14.9 Å². The van der Waals surface area contributed by atoms with Crippen LogP contribution in [0.5, 0.6) is 0 Å². The first-order valence-electron chi connectivity index (χ1n) is 8.11. The zero-order chi connectivity index (χ0) is 14.5. The van der Waals surface area contributed by atoms with Crippen LogP contribution in [0.1, 0.15) is 43.5 Å². The first-order chi connectivity index (χ1) is 10.3. The lowest BCUT2D eigenvalue weighted by atomic mass is 9.98. The quantitative estimate of drug-likeness (QED) is 0.881. The smallest absolute Gasteiger partial charge is 0.113 e. The van der Waals surface area contributed by atoms with E-state index in [0.29, 0.717) is 12.0 Å². The van der Waals surface area contributed by atoms with Crippen LogP contribution in [-0.4, -0.2) is 22.1 Å². The summed E-state index contributed by atoms with van der Waals surface area (Å²) in [5.41, 5.74) is 1.43. The highest BCUT2D eigenvalue weighted by molar-refractivity contribution is 5.14. The van der Waals surface area contributed by atoms with E-state index in [-0.39, 0.29) is 0 Å². The van der Waals surface area contributed by atoms with Gasteiger partial charge in [0.1, 0.15) is 5.82 Å². The van der Waals surface area contributed by atoms with Crippen LogP contribution in [-0.2, 0) is 13.0 Å². The van der Waals surface area contributed by atoms with E-state index >= 15 is 0 Å². The normalized spacial score (nSPS) is 19.2. The molecule has 1 aliphatic rings. The molecule has 3 rings (SSSR count). The van der Waals surface area contributed by atoms with Gasteiger partial charge in [0.25, 0.3) is 0 Å². The van der Waals surface area contributed by atoms with Crippen molar-refractivity contribution in [2.45, 2.75) is 51.1 Å². The van der Waals surface area contributed by atoms with Crippen molar-refractivity contribution in [2.75, 3.05) is 6.54 Å². The Morgan fingerprint density at radius 3 is 3.05 bits per heavy atom. The van der Waals surface area contributed by atoms with Gasteiger partial charge in [-0.05, 0) is 38.2 Å². The van der Waals surface area contributed by atoms with Gasteiger partial charge >= 0.3 is 0 Å². The van der Waals surface area contributed by atoms with E-state index in [4.69, 9.17) is 0 Å². The van der Waals surface area contributed by atoms with Crippen molar-refractivity contribution in [3.8, 4) is 0 Å². The molecule has 0 radical (unpaired) electrons. The molecule has 2 atom stereocenters. The van der Waals surface area contributed by atoms with Gasteiger partial charge < -0.3 is 9.88 Å². The number of fused-ring (bicyclic) bond motifs is 1. The van der Waals surface area contributed by atoms with Crippen LogP contribution in [0, 0.1) is 0 Å². The maximum absolute atomic E-state index is 4.53. The average molecular weight is 283 g/mol. The maximum atomic E-state index is 4.53. The van der Waals surface area contributed by atoms with Crippen LogP contribution in [0.4, 0.5) is 0 Å². The zero-order valence-corrected chi connectivity index (χ0v) is 12.8. The summed E-state index contributed by atoms with van der Waals surface area (Å²) < 4.78 is 2.31. The molecule has 2 heterocycles. The fourth-order valence-corrected chi connectivity index (χ4v) is 3.17. The molecule has 112 valence electrons. The highest BCUT2D eigenvalue weighted by atomic mass is 15.1. The van der Waals surface area contributed by atoms with Crippen molar-refractivity contribution < 1.29 is 0 Å². The molecule has 0 saturated heterocycles. The first kappa shape index (κ1) is 14.3. The van der Waals surface area contributed by atoms with Crippen molar-refractivity contribution in [2.24, 2.45) is 0 Å². The van der Waals surface area contributed by atoms with Crippen LogP contribution >= 0.6 is 0 Å². The van der Waals surface area contributed by atoms with Crippen molar-refractivity contribution in [3.05, 3.63) is 54.1 Å². The molecule has 3 nitrogen and oxygen atoms in total. The highest BCUT2D eigenvalue weighted by Crippen LogP contribution is 2.25. The fourth-order valence-electron chi connectivity index (χ4n) is 3.17. The summed E-state index contributed by atoms with van der Waals surface area (Å²) in [7, 11) is 0. The Kier molecular flexibility index (Phi) is 4.71. The summed E-state index contributed by atoms with van der Waals surface area (Å²) >= 11 is 0. The summed E-state index contributed by atoms with van der Waals surface area (Å²) in [5, 5.41) is 3.70. The van der Waals surface area contributed by atoms with E-state index in [9.17, 15) is 0 Å². The summed E-state index contributed by atoms with van der Waals surface area (Å²) in [4.78, 5) is 4.53. The Balaban J connectivity index is 1.45. The molecule has 2 aromatic rings. The third kappa shape index (κ3) is 3.73. The van der Waals surface area contributed by atoms with Gasteiger partial charge in [0, 0.05) is 37.4 Å². The van der Waals surface area contributed by atoms with Crippen LogP contribution in [0.2, 0.25) is 0 Å². The van der Waals surface area contributed by atoms with Gasteiger partial charge in [0.15, 0.2) is 0 Å². The topological polar surface area (TPSA) is 29.9 Å². The van der Waals surface area contributed by atoms with Gasteiger partial charge in [-0.25, -0.2) is 4.98 Å². The van der Waals surface area contributed by atoms with Gasteiger partial charge in [-0.1, -0.05) is 30.3 Å². The molecule has 21 heavy (non-hydrogen) atoms. The molecular weight excluding hydrogens is 258 g/mol. The van der Waals surface area contributed by atoms with Gasteiger partial charge in [0.2, 0.25) is 0 Å². The Labute approximate surface area is 127 Å². The summed E-state index contributed by atoms with van der Waals surface area (Å²) in [6.45, 7) is 4.47. The third-order valence-corrected chi connectivity index (χ3v) is 4.49. The molecule has 0 spiro atoms. The number of hydrogen-bond donors (Lipinski definition) is 1. The van der Waals surface area contributed by atoms with E-state index in [1.165, 1.54) is 30.7 Å². The minimum atomic E-state index is 0.551. The number of hydrogen-bond acceptors (Lipinski definition) is 2. The molecule has 1 N–H and O–H groups in total. The Hall–Kier alpha value is -1.61. The minimum absolute atomic E-state index is 0.551. The van der Waals surface area contributed by atoms with Crippen molar-refractivity contribution >= 4 is 0 Å². The lowest BCUT2D eigenvalue weighted by Gasteiger charge is -2.25. The van der Waals surface area contributed by atoms with Crippen LogP contribution < -0.4 is 5.32 Å². The number of nitrogens with one attached hydrogen (secondary N) is 1. The Bertz CT molecular complexity index is 547. The number of benzene rings is 1. The van der Waals surface area contributed by atoms with Crippen LogP contribution in [0.15, 0.2) is 42.7 Å². The van der Waals surface area contributed by atoms with Gasteiger partial charge in [-0.2, -0.15) is 0 Å². The summed E-state index contributed by atoms with van der Waals surface area (Å²) in [6.07, 6.45) is 8.91. The van der Waals surface area contributed by atoms with E-state index < -0.39 is 0 Å². The van der Waals surface area contributed by atoms with E-state index in [1.54, 1.807) is 0 Å². The standard InChI is InChI=1S/C18H25N3/c1-15(9-10-16-6-3-2-4-7-16)20-14-17-8-5-12-21-13-11-19-18(17)21/h2-4,6-7,11,13,15,17,20H,5,8-10,12,14H2,1H3. The first-order valence-corrected chi connectivity index (χ1v) is 8.11. The van der Waals surface area contributed by atoms with E-state index in [2.05, 4.69) is 58.3 Å². The summed E-state index contributed by atoms with van der Waals surface area (Å²) in [5.74, 6) is 1.84. The second-order valence-electron chi connectivity index (χ2n) is 6.15. The number of imidazole rings is 1. The molecule has 1 aliphatic heterocycles. The lowest BCUT2D eigenvalue weighted by molar-refractivity contribution is 0.399. The molecule has 0 aliphatic carbocycles. The zero-order valence-electron chi connectivity index (χ0n) is 12.8. The SMILES string of the molecule is CC(CCc1ccccc1)NCC1CCCn2ccnc21. The van der Waals surface area contributed by atoms with Gasteiger partial charge in [-0.15, -0.1) is 0 Å². The van der Waals surface area contributed by atoms with Crippen molar-refractivity contribution in [1.29, 1.82) is 0 Å². The van der Waals surface area contributed by atoms with Gasteiger partial charge in [-0.3, -0.25) is 0 Å². The minimum Gasteiger partial charge on any atom is -0.335 e. The molecule has 0 saturated carbocycles. The number of aromatic nitrogens is 2. The molecule has 1 aromatic carbocycles. The molecule has 0 bridgehead atoms. The fraction of sp³-hybridized carbons (Fsp3) is 0.500. The second-order valence-corrected chi connectivity index (χ2v) is 6.15. The Morgan fingerprint density at radius 1 is 1.33 bits per heavy atom. The highest BCUT2D eigenvalue weighted by Gasteiger charge is 2.21. The number of nitrogens with zero attached hydrogens (tertiary/aromatic N) is 2. The monoisotopic (exact) mass is 283 g/mol. The molecule has 1 aromatic heterocycles. The molecule has 2 unspecified atom stereocenters. The molecule has 0 amide bonds. The molecule has 0 fully saturated rings. The maximum Gasteiger partial charge on any atom is 0.113 e. The van der Waals surface area contributed by atoms with Gasteiger partial charge in [0.05, 0.1) is 0 Å². The number of aryl methyl sites for hydroxylation is 2. The van der Waals surface area contributed by atoms with Crippen LogP contribution in [0.25, 0.3) is 0 Å². The number of rotatable bonds is 6. The second kappa shape index (κ2) is 6.90. The van der Waals surface area contributed by atoms with Crippen LogP contribution in [0.3, 0.4) is 0 Å². The Morgan fingerprint density at radius 2 is 2.19 bits per heavy atom. The predicted molar refractivity (Wildman–Crippen MR) is 86.4 cm³/mol. The predicted octanol–water partition coefficient (Wildman–Crippen LogP) is 3.37.